The van der Waals surface area contributed by atoms with Gasteiger partial charge < -0.3 is 19.9 Å². The molecular weight excluding hydrogens is 310 g/mol. The molecule has 0 aliphatic rings. The van der Waals surface area contributed by atoms with E-state index in [0.717, 1.165) is 5.56 Å². The second-order valence-electron chi connectivity index (χ2n) is 7.32. The SMILES string of the molecule is CC(C)(C)OC(=O)N[C@H](C(=O)OCc1ccccc1)C(C)(C)CO. The highest BCUT2D eigenvalue weighted by atomic mass is 16.6. The Kier molecular flexibility index (Phi) is 6.78. The molecule has 0 aliphatic heterocycles. The molecule has 6 nitrogen and oxygen atoms in total. The molecule has 1 aromatic rings. The Morgan fingerprint density at radius 2 is 1.71 bits per heavy atom. The van der Waals surface area contributed by atoms with E-state index in [-0.39, 0.29) is 13.2 Å². The van der Waals surface area contributed by atoms with E-state index >= 15 is 0 Å². The zero-order valence-corrected chi connectivity index (χ0v) is 15.0. The summed E-state index contributed by atoms with van der Waals surface area (Å²) in [6.07, 6.45) is -0.731. The van der Waals surface area contributed by atoms with Crippen LogP contribution in [-0.2, 0) is 20.9 Å². The number of esters is 1. The first-order valence-electron chi connectivity index (χ1n) is 7.86. The van der Waals surface area contributed by atoms with Crippen LogP contribution in [0.1, 0.15) is 40.2 Å². The van der Waals surface area contributed by atoms with Crippen LogP contribution >= 0.6 is 0 Å². The van der Waals surface area contributed by atoms with Gasteiger partial charge in [0.25, 0.3) is 0 Å². The van der Waals surface area contributed by atoms with Gasteiger partial charge in [-0.1, -0.05) is 44.2 Å². The molecule has 0 saturated heterocycles. The van der Waals surface area contributed by atoms with Gasteiger partial charge in [0.05, 0.1) is 6.61 Å². The van der Waals surface area contributed by atoms with E-state index < -0.39 is 29.1 Å². The number of rotatable bonds is 6. The fourth-order valence-electron chi connectivity index (χ4n) is 1.90. The van der Waals surface area contributed by atoms with Crippen molar-refractivity contribution < 1.29 is 24.2 Å². The molecule has 0 aliphatic carbocycles. The largest absolute Gasteiger partial charge is 0.459 e. The predicted molar refractivity (Wildman–Crippen MR) is 90.3 cm³/mol. The summed E-state index contributed by atoms with van der Waals surface area (Å²) >= 11 is 0. The molecule has 0 aromatic heterocycles. The van der Waals surface area contributed by atoms with E-state index in [1.54, 1.807) is 34.6 Å². The van der Waals surface area contributed by atoms with Crippen molar-refractivity contribution in [3.63, 3.8) is 0 Å². The molecule has 0 saturated carbocycles. The number of nitrogens with one attached hydrogen (secondary N) is 1. The van der Waals surface area contributed by atoms with Gasteiger partial charge in [-0.05, 0) is 26.3 Å². The van der Waals surface area contributed by atoms with Gasteiger partial charge in [0.15, 0.2) is 0 Å². The maximum absolute atomic E-state index is 12.4. The molecule has 24 heavy (non-hydrogen) atoms. The van der Waals surface area contributed by atoms with Crippen molar-refractivity contribution >= 4 is 12.1 Å². The highest BCUT2D eigenvalue weighted by Crippen LogP contribution is 2.22. The van der Waals surface area contributed by atoms with Gasteiger partial charge in [0.1, 0.15) is 18.2 Å². The lowest BCUT2D eigenvalue weighted by molar-refractivity contribution is -0.151. The van der Waals surface area contributed by atoms with Gasteiger partial charge in [0, 0.05) is 5.41 Å². The molecule has 1 atom stereocenters. The number of aliphatic hydroxyl groups is 1. The topological polar surface area (TPSA) is 84.9 Å². The van der Waals surface area contributed by atoms with Gasteiger partial charge in [-0.25, -0.2) is 9.59 Å². The number of carbonyl (C=O) groups excluding carboxylic acids is 2. The Bertz CT molecular complexity index is 548. The lowest BCUT2D eigenvalue weighted by atomic mass is 9.85. The highest BCUT2D eigenvalue weighted by molar-refractivity contribution is 5.82. The molecule has 0 bridgehead atoms. The second-order valence-corrected chi connectivity index (χ2v) is 7.32. The summed E-state index contributed by atoms with van der Waals surface area (Å²) in [5.41, 5.74) is -0.750. The first kappa shape index (κ1) is 20.0. The summed E-state index contributed by atoms with van der Waals surface area (Å²) < 4.78 is 10.5. The fourth-order valence-corrected chi connectivity index (χ4v) is 1.90. The number of hydrogen-bond acceptors (Lipinski definition) is 5. The van der Waals surface area contributed by atoms with E-state index in [1.807, 2.05) is 30.3 Å². The molecule has 1 rings (SSSR count). The summed E-state index contributed by atoms with van der Waals surface area (Å²) in [7, 11) is 0. The maximum atomic E-state index is 12.4. The van der Waals surface area contributed by atoms with Crippen LogP contribution in [0.3, 0.4) is 0 Å². The van der Waals surface area contributed by atoms with E-state index in [4.69, 9.17) is 9.47 Å². The van der Waals surface area contributed by atoms with E-state index in [2.05, 4.69) is 5.32 Å². The third-order valence-corrected chi connectivity index (χ3v) is 3.31. The van der Waals surface area contributed by atoms with Crippen molar-refractivity contribution in [3.8, 4) is 0 Å². The minimum atomic E-state index is -1.03. The van der Waals surface area contributed by atoms with Gasteiger partial charge in [-0.2, -0.15) is 0 Å². The Morgan fingerprint density at radius 1 is 1.12 bits per heavy atom. The van der Waals surface area contributed by atoms with Crippen LogP contribution in [0.25, 0.3) is 0 Å². The number of aliphatic hydroxyl groups excluding tert-OH is 1. The number of hydrogen-bond donors (Lipinski definition) is 2. The third kappa shape index (κ3) is 6.58. The van der Waals surface area contributed by atoms with E-state index in [0.29, 0.717) is 0 Å². The van der Waals surface area contributed by atoms with Gasteiger partial charge >= 0.3 is 12.1 Å². The van der Waals surface area contributed by atoms with Gasteiger partial charge in [-0.3, -0.25) is 0 Å². The molecule has 0 spiro atoms. The van der Waals surface area contributed by atoms with E-state index in [9.17, 15) is 14.7 Å². The Hall–Kier alpha value is -2.08. The maximum Gasteiger partial charge on any atom is 0.408 e. The summed E-state index contributed by atoms with van der Waals surface area (Å²) in [5.74, 6) is -0.622. The summed E-state index contributed by atoms with van der Waals surface area (Å²) in [5, 5.41) is 12.0. The molecule has 6 heteroatoms. The Morgan fingerprint density at radius 3 is 2.21 bits per heavy atom. The first-order valence-corrected chi connectivity index (χ1v) is 7.86. The molecule has 1 aromatic carbocycles. The number of amides is 1. The van der Waals surface area contributed by atoms with Crippen LogP contribution < -0.4 is 5.32 Å². The highest BCUT2D eigenvalue weighted by Gasteiger charge is 2.38. The zero-order valence-electron chi connectivity index (χ0n) is 15.0. The van der Waals surface area contributed by atoms with Crippen molar-refractivity contribution in [2.24, 2.45) is 5.41 Å². The molecule has 0 heterocycles. The van der Waals surface area contributed by atoms with Crippen LogP contribution in [0, 0.1) is 5.41 Å². The third-order valence-electron chi connectivity index (χ3n) is 3.31. The van der Waals surface area contributed by atoms with Gasteiger partial charge in [-0.15, -0.1) is 0 Å². The molecule has 0 radical (unpaired) electrons. The van der Waals surface area contributed by atoms with Crippen molar-refractivity contribution in [3.05, 3.63) is 35.9 Å². The summed E-state index contributed by atoms with van der Waals surface area (Å²) in [6, 6.07) is 8.20. The Balaban J connectivity index is 2.78. The van der Waals surface area contributed by atoms with Crippen LogP contribution in [0.4, 0.5) is 4.79 Å². The predicted octanol–water partition coefficient (Wildman–Crippen LogP) is 2.64. The summed E-state index contributed by atoms with van der Waals surface area (Å²) in [4.78, 5) is 24.4. The van der Waals surface area contributed by atoms with Crippen LogP contribution in [0.5, 0.6) is 0 Å². The Labute approximate surface area is 143 Å². The quantitative estimate of drug-likeness (QED) is 0.780. The first-order chi connectivity index (χ1) is 11.0. The molecular formula is C18H27NO5. The van der Waals surface area contributed by atoms with Gasteiger partial charge in [0.2, 0.25) is 0 Å². The summed E-state index contributed by atoms with van der Waals surface area (Å²) in [6.45, 7) is 8.31. The second kappa shape index (κ2) is 8.15. The average molecular weight is 337 g/mol. The lowest BCUT2D eigenvalue weighted by Gasteiger charge is -2.32. The lowest BCUT2D eigenvalue weighted by Crippen LogP contribution is -2.53. The minimum absolute atomic E-state index is 0.0910. The average Bonchev–Trinajstić information content (AvgIpc) is 2.49. The fraction of sp³-hybridized carbons (Fsp3) is 0.556. The van der Waals surface area contributed by atoms with Crippen LogP contribution in [0.15, 0.2) is 30.3 Å². The number of carbonyl (C=O) groups is 2. The molecule has 2 N–H and O–H groups in total. The molecule has 0 unspecified atom stereocenters. The van der Waals surface area contributed by atoms with Crippen molar-refractivity contribution in [2.45, 2.75) is 52.9 Å². The molecule has 1 amide bonds. The van der Waals surface area contributed by atoms with Crippen molar-refractivity contribution in [2.75, 3.05) is 6.61 Å². The number of benzene rings is 1. The van der Waals surface area contributed by atoms with E-state index in [1.165, 1.54) is 0 Å². The van der Waals surface area contributed by atoms with Crippen LogP contribution in [0.2, 0.25) is 0 Å². The standard InChI is InChI=1S/C18H27NO5/c1-17(2,3)24-16(22)19-14(18(4,5)12-20)15(21)23-11-13-9-7-6-8-10-13/h6-10,14,20H,11-12H2,1-5H3,(H,19,22)/t14-/m1/s1. The minimum Gasteiger partial charge on any atom is -0.459 e. The normalized spacial score (nSPS) is 13.1. The molecule has 134 valence electrons. The molecule has 0 fully saturated rings. The van der Waals surface area contributed by atoms with Crippen molar-refractivity contribution in [1.29, 1.82) is 0 Å². The van der Waals surface area contributed by atoms with Crippen LogP contribution in [-0.4, -0.2) is 35.4 Å². The zero-order chi connectivity index (χ0) is 18.4. The smallest absolute Gasteiger partial charge is 0.408 e. The van der Waals surface area contributed by atoms with Crippen molar-refractivity contribution in [1.82, 2.24) is 5.32 Å². The number of alkyl carbamates (subject to hydrolysis) is 1. The monoisotopic (exact) mass is 337 g/mol. The number of ether oxygens (including phenoxy) is 2.